The maximum Gasteiger partial charge on any atom is 0.309 e. The van der Waals surface area contributed by atoms with Gasteiger partial charge in [-0.2, -0.15) is 0 Å². The highest BCUT2D eigenvalue weighted by molar-refractivity contribution is 6.12. The summed E-state index contributed by atoms with van der Waals surface area (Å²) in [6, 6.07) is 8.58. The highest BCUT2D eigenvalue weighted by Crippen LogP contribution is 2.36. The second kappa shape index (κ2) is 25.6. The molecule has 0 unspecified atom stereocenters. The molecule has 372 valence electrons. The molecule has 0 radical (unpaired) electrons. The first-order valence-electron chi connectivity index (χ1n) is 24.5. The van der Waals surface area contributed by atoms with Gasteiger partial charge in [0.2, 0.25) is 17.7 Å². The van der Waals surface area contributed by atoms with Crippen molar-refractivity contribution in [3.63, 3.8) is 0 Å². The van der Waals surface area contributed by atoms with Crippen LogP contribution >= 0.6 is 0 Å². The lowest BCUT2D eigenvalue weighted by molar-refractivity contribution is -0.151. The molecule has 15 heteroatoms. The molecule has 0 bridgehead atoms. The van der Waals surface area contributed by atoms with E-state index in [4.69, 9.17) is 14.2 Å². The summed E-state index contributed by atoms with van der Waals surface area (Å²) in [4.78, 5) is 114. The fourth-order valence-electron chi connectivity index (χ4n) is 10.5. The molecule has 2 saturated heterocycles. The molecular formula is C52H78N4O11. The van der Waals surface area contributed by atoms with Crippen molar-refractivity contribution in [1.82, 2.24) is 19.6 Å². The first-order chi connectivity index (χ1) is 31.8. The number of carbonyl (C=O) groups excluding carboxylic acids is 8. The van der Waals surface area contributed by atoms with Crippen LogP contribution in [0, 0.1) is 29.6 Å². The van der Waals surface area contributed by atoms with Crippen LogP contribution < -0.4 is 0 Å². The van der Waals surface area contributed by atoms with Crippen molar-refractivity contribution in [1.29, 1.82) is 0 Å². The van der Waals surface area contributed by atoms with Crippen LogP contribution in [0.25, 0.3) is 0 Å². The van der Waals surface area contributed by atoms with Crippen LogP contribution in [-0.4, -0.2) is 145 Å². The van der Waals surface area contributed by atoms with Crippen LogP contribution in [0.5, 0.6) is 0 Å². The topological polar surface area (TPSA) is 177 Å². The van der Waals surface area contributed by atoms with Crippen LogP contribution in [0.15, 0.2) is 42.5 Å². The number of ketones is 2. The number of unbranched alkanes of at least 4 members (excludes halogenated alkanes) is 2. The maximum atomic E-state index is 14.7. The third-order valence-electron chi connectivity index (χ3n) is 14.9. The van der Waals surface area contributed by atoms with E-state index >= 15 is 0 Å². The molecule has 5 amide bonds. The molecular weight excluding hydrogens is 857 g/mol. The summed E-state index contributed by atoms with van der Waals surface area (Å²) in [6.45, 7) is 12.7. The van der Waals surface area contributed by atoms with Gasteiger partial charge in [-0.15, -0.1) is 0 Å². The third kappa shape index (κ3) is 13.7. The van der Waals surface area contributed by atoms with Gasteiger partial charge in [0.1, 0.15) is 5.78 Å². The number of carbonyl (C=O) groups is 8. The molecule has 3 aliphatic rings. The number of Topliss-reactive ketones (excluding diaryl/α,β-unsaturated/α-hetero) is 2. The van der Waals surface area contributed by atoms with Gasteiger partial charge in [0.05, 0.1) is 49.3 Å². The number of amides is 5. The van der Waals surface area contributed by atoms with Crippen LogP contribution in [-0.2, 0) is 59.0 Å². The lowest BCUT2D eigenvalue weighted by atomic mass is 9.81. The van der Waals surface area contributed by atoms with Crippen molar-refractivity contribution in [2.24, 2.45) is 29.6 Å². The number of benzene rings is 1. The number of esters is 1. The van der Waals surface area contributed by atoms with Crippen molar-refractivity contribution >= 4 is 47.1 Å². The molecule has 15 nitrogen and oxygen atoms in total. The van der Waals surface area contributed by atoms with E-state index < -0.39 is 53.6 Å². The molecule has 0 spiro atoms. The Labute approximate surface area is 398 Å². The van der Waals surface area contributed by atoms with E-state index in [0.29, 0.717) is 71.0 Å². The zero-order valence-electron chi connectivity index (χ0n) is 41.8. The summed E-state index contributed by atoms with van der Waals surface area (Å²) in [5.41, 5.74) is -0.134. The number of imide groups is 1. The maximum absolute atomic E-state index is 14.7. The number of nitrogens with zero attached hydrogens (tertiary/aromatic N) is 4. The molecule has 2 fully saturated rings. The van der Waals surface area contributed by atoms with Gasteiger partial charge in [-0.05, 0) is 69.3 Å². The van der Waals surface area contributed by atoms with Crippen molar-refractivity contribution in [2.75, 3.05) is 48.0 Å². The minimum absolute atomic E-state index is 0.0218. The van der Waals surface area contributed by atoms with Gasteiger partial charge in [-0.1, -0.05) is 77.8 Å². The van der Waals surface area contributed by atoms with Crippen molar-refractivity contribution in [3.05, 3.63) is 48.0 Å². The molecule has 3 aliphatic heterocycles. The van der Waals surface area contributed by atoms with Crippen molar-refractivity contribution in [2.45, 2.75) is 155 Å². The second-order valence-electron chi connectivity index (χ2n) is 19.5. The summed E-state index contributed by atoms with van der Waals surface area (Å²) in [6.07, 6.45) is 6.69. The van der Waals surface area contributed by atoms with Gasteiger partial charge in [-0.25, -0.2) is 0 Å². The first-order valence-corrected chi connectivity index (χ1v) is 24.5. The lowest BCUT2D eigenvalue weighted by Crippen LogP contribution is -2.55. The van der Waals surface area contributed by atoms with Gasteiger partial charge in [-0.3, -0.25) is 43.3 Å². The van der Waals surface area contributed by atoms with E-state index in [9.17, 15) is 38.4 Å². The minimum atomic E-state index is -1.06. The average Bonchev–Trinajstić information content (AvgIpc) is 4.05. The van der Waals surface area contributed by atoms with Gasteiger partial charge in [0, 0.05) is 84.2 Å². The molecule has 0 aromatic heterocycles. The Morgan fingerprint density at radius 3 is 2.10 bits per heavy atom. The van der Waals surface area contributed by atoms with Crippen LogP contribution in [0.4, 0.5) is 0 Å². The molecule has 0 saturated carbocycles. The zero-order chi connectivity index (χ0) is 49.6. The smallest absolute Gasteiger partial charge is 0.309 e. The number of methoxy groups -OCH3 is 3. The Kier molecular flexibility index (Phi) is 20.9. The molecule has 0 aliphatic carbocycles. The molecule has 3 heterocycles. The summed E-state index contributed by atoms with van der Waals surface area (Å²) in [7, 11) is 6.13. The monoisotopic (exact) mass is 935 g/mol. The number of likely N-dealkylation sites (N-methyl/N-ethyl adjacent to an activating group) is 1. The molecule has 1 aromatic carbocycles. The Hall–Kier alpha value is -4.76. The fraction of sp³-hybridized carbons (Fsp3) is 0.692. The van der Waals surface area contributed by atoms with E-state index in [1.807, 2.05) is 58.0 Å². The number of likely N-dealkylation sites (tertiary alicyclic amines) is 2. The lowest BCUT2D eigenvalue weighted by Gasteiger charge is -2.41. The van der Waals surface area contributed by atoms with Gasteiger partial charge >= 0.3 is 5.97 Å². The van der Waals surface area contributed by atoms with E-state index in [2.05, 4.69) is 0 Å². The highest BCUT2D eigenvalue weighted by atomic mass is 16.5. The zero-order valence-corrected chi connectivity index (χ0v) is 41.8. The van der Waals surface area contributed by atoms with Crippen molar-refractivity contribution in [3.8, 4) is 0 Å². The second-order valence-corrected chi connectivity index (χ2v) is 19.5. The first kappa shape index (κ1) is 54.8. The molecule has 1 aromatic rings. The van der Waals surface area contributed by atoms with Gasteiger partial charge in [0.15, 0.2) is 5.78 Å². The number of rotatable bonds is 27. The number of hydrogen-bond acceptors (Lipinski definition) is 11. The molecule has 67 heavy (non-hydrogen) atoms. The van der Waals surface area contributed by atoms with Gasteiger partial charge in [0.25, 0.3) is 11.8 Å². The van der Waals surface area contributed by atoms with E-state index in [0.717, 1.165) is 12.0 Å². The standard InChI is InChI=1S/C52H78N4O11/c1-11-35(4)48(42(65-8)33-47(62)54-28-18-22-40(54)49(66-9)36(5)41(57)31-38(51(64)67-10)30-37-20-14-12-15-21-37)53(7)50(63)39(34(2)3)32-43(58)52(6)26-19-29-56(52)46(61)23-16-13-17-27-55-44(59)24-25-45(55)60/h12,14-15,20-21,24-25,34-36,38-40,42,48-49H,11,13,16-19,22-23,26-33H2,1-10H3/t35-,36-,38+,39-,40-,42+,48-,49+,52+/m0/s1. The number of ether oxygens (including phenoxy) is 3. The Morgan fingerprint density at radius 1 is 0.836 bits per heavy atom. The summed E-state index contributed by atoms with van der Waals surface area (Å²) >= 11 is 0. The summed E-state index contributed by atoms with van der Waals surface area (Å²) in [5, 5.41) is 0. The fourth-order valence-corrected chi connectivity index (χ4v) is 10.5. The summed E-state index contributed by atoms with van der Waals surface area (Å²) < 4.78 is 17.2. The SMILES string of the molecule is CC[C@H](C)[C@@H]([C@@H](CC(=O)N1CCC[C@H]1[C@H](OC)[C@@H](C)C(=O)C[C@@H](Cc1ccccc1)C(=O)OC)OC)N(C)C(=O)[C@@H](CC(=O)[C@@]1(C)CCCN1C(=O)CCCCCN1C(=O)C=CC1=O)C(C)C. The normalized spacial score (nSPS) is 21.5. The quantitative estimate of drug-likeness (QED) is 0.0575. The molecule has 9 atom stereocenters. The molecule has 0 N–H and O–H groups in total. The van der Waals surface area contributed by atoms with Crippen molar-refractivity contribution < 1.29 is 52.6 Å². The van der Waals surface area contributed by atoms with E-state index in [-0.39, 0.29) is 78.6 Å². The largest absolute Gasteiger partial charge is 0.469 e. The van der Waals surface area contributed by atoms with Gasteiger partial charge < -0.3 is 28.9 Å². The Morgan fingerprint density at radius 2 is 1.51 bits per heavy atom. The van der Waals surface area contributed by atoms with Crippen LogP contribution in [0.3, 0.4) is 0 Å². The summed E-state index contributed by atoms with van der Waals surface area (Å²) in [5.74, 6) is -4.21. The highest BCUT2D eigenvalue weighted by Gasteiger charge is 2.48. The van der Waals surface area contributed by atoms with Crippen LogP contribution in [0.1, 0.15) is 124 Å². The number of hydrogen-bond donors (Lipinski definition) is 0. The Bertz CT molecular complexity index is 1900. The molecule has 4 rings (SSSR count). The van der Waals surface area contributed by atoms with Crippen LogP contribution in [0.2, 0.25) is 0 Å². The minimum Gasteiger partial charge on any atom is -0.469 e. The average molecular weight is 935 g/mol. The Balaban J connectivity index is 1.42. The third-order valence-corrected chi connectivity index (χ3v) is 14.9. The van der Waals surface area contributed by atoms with E-state index in [1.54, 1.807) is 49.8 Å². The predicted molar refractivity (Wildman–Crippen MR) is 253 cm³/mol. The predicted octanol–water partition coefficient (Wildman–Crippen LogP) is 6.00. The van der Waals surface area contributed by atoms with E-state index in [1.165, 1.54) is 24.2 Å².